The highest BCUT2D eigenvalue weighted by Gasteiger charge is 2.17. The minimum Gasteiger partial charge on any atom is -0.396 e. The molecule has 5 nitrogen and oxygen atoms in total. The van der Waals surface area contributed by atoms with Crippen molar-refractivity contribution in [3.8, 4) is 0 Å². The van der Waals surface area contributed by atoms with E-state index in [1.807, 2.05) is 17.7 Å². The Hall–Kier alpha value is -2.19. The summed E-state index contributed by atoms with van der Waals surface area (Å²) >= 11 is 5.02. The third-order valence-corrected chi connectivity index (χ3v) is 5.73. The molecule has 0 spiro atoms. The van der Waals surface area contributed by atoms with Crippen molar-refractivity contribution in [3.63, 3.8) is 0 Å². The maximum atomic E-state index is 14.1. The van der Waals surface area contributed by atoms with Gasteiger partial charge >= 0.3 is 0 Å². The molecular weight excluding hydrogens is 395 g/mol. The summed E-state index contributed by atoms with van der Waals surface area (Å²) in [5.41, 5.74) is 7.26. The van der Waals surface area contributed by atoms with Gasteiger partial charge in [-0.15, -0.1) is 11.3 Å². The van der Waals surface area contributed by atoms with E-state index in [-0.39, 0.29) is 17.8 Å². The van der Waals surface area contributed by atoms with Gasteiger partial charge in [0.25, 0.3) is 5.56 Å². The SMILES string of the molecule is Cn1c2cc(Br)sc2c2cnn(Cc3cccc(N)c3F)c(=O)c21. The van der Waals surface area contributed by atoms with Crippen molar-refractivity contribution in [1.82, 2.24) is 14.3 Å². The number of nitrogens with two attached hydrogens (primary N) is 1. The van der Waals surface area contributed by atoms with Gasteiger partial charge in [0.15, 0.2) is 5.82 Å². The molecule has 4 rings (SSSR count). The summed E-state index contributed by atoms with van der Waals surface area (Å²) in [6.45, 7) is 0.0359. The normalized spacial score (nSPS) is 11.6. The van der Waals surface area contributed by atoms with Crippen LogP contribution in [0.15, 0.2) is 39.0 Å². The molecule has 3 aromatic heterocycles. The Balaban J connectivity index is 1.92. The highest BCUT2D eigenvalue weighted by Crippen LogP contribution is 2.35. The minimum atomic E-state index is -0.511. The van der Waals surface area contributed by atoms with Crippen molar-refractivity contribution in [2.45, 2.75) is 6.54 Å². The van der Waals surface area contributed by atoms with E-state index < -0.39 is 5.82 Å². The lowest BCUT2D eigenvalue weighted by atomic mass is 10.2. The van der Waals surface area contributed by atoms with E-state index in [4.69, 9.17) is 5.73 Å². The predicted octanol–water partition coefficient (Wildman–Crippen LogP) is 3.48. The van der Waals surface area contributed by atoms with Gasteiger partial charge in [-0.05, 0) is 28.1 Å². The zero-order chi connectivity index (χ0) is 17.0. The number of aromatic nitrogens is 3. The summed E-state index contributed by atoms with van der Waals surface area (Å²) in [5.74, 6) is -0.511. The molecule has 0 aliphatic rings. The number of hydrogen-bond donors (Lipinski definition) is 1. The Morgan fingerprint density at radius 1 is 1.42 bits per heavy atom. The second kappa shape index (κ2) is 5.42. The molecule has 0 aliphatic carbocycles. The molecule has 0 amide bonds. The first kappa shape index (κ1) is 15.3. The van der Waals surface area contributed by atoms with E-state index >= 15 is 0 Å². The summed E-state index contributed by atoms with van der Waals surface area (Å²) in [6, 6.07) is 6.72. The lowest BCUT2D eigenvalue weighted by molar-refractivity contribution is 0.577. The fourth-order valence-electron chi connectivity index (χ4n) is 2.88. The van der Waals surface area contributed by atoms with E-state index in [1.54, 1.807) is 29.7 Å². The quantitative estimate of drug-likeness (QED) is 0.518. The number of nitrogen functional groups attached to an aromatic ring is 1. The zero-order valence-electron chi connectivity index (χ0n) is 12.6. The van der Waals surface area contributed by atoms with E-state index in [9.17, 15) is 9.18 Å². The molecule has 0 atom stereocenters. The van der Waals surface area contributed by atoms with Crippen LogP contribution in [0.3, 0.4) is 0 Å². The van der Waals surface area contributed by atoms with Crippen LogP contribution in [-0.2, 0) is 13.6 Å². The maximum absolute atomic E-state index is 14.1. The Labute approximate surface area is 148 Å². The molecule has 8 heteroatoms. The van der Waals surface area contributed by atoms with Crippen LogP contribution in [0.2, 0.25) is 0 Å². The first-order valence-electron chi connectivity index (χ1n) is 7.14. The van der Waals surface area contributed by atoms with Crippen LogP contribution in [0, 0.1) is 5.82 Å². The summed E-state index contributed by atoms with van der Waals surface area (Å²) in [7, 11) is 1.84. The van der Waals surface area contributed by atoms with Gasteiger partial charge in [0.1, 0.15) is 5.52 Å². The molecule has 0 saturated carbocycles. The number of halogens is 2. The topological polar surface area (TPSA) is 65.8 Å². The molecule has 0 fully saturated rings. The highest BCUT2D eigenvalue weighted by molar-refractivity contribution is 9.11. The first-order chi connectivity index (χ1) is 11.5. The summed E-state index contributed by atoms with van der Waals surface area (Å²) < 4.78 is 19.2. The van der Waals surface area contributed by atoms with Gasteiger partial charge < -0.3 is 10.3 Å². The van der Waals surface area contributed by atoms with Gasteiger partial charge in [-0.2, -0.15) is 5.10 Å². The fourth-order valence-corrected chi connectivity index (χ4v) is 4.51. The van der Waals surface area contributed by atoms with Crippen molar-refractivity contribution in [3.05, 3.63) is 56.0 Å². The van der Waals surface area contributed by atoms with Gasteiger partial charge in [-0.1, -0.05) is 12.1 Å². The first-order valence-corrected chi connectivity index (χ1v) is 8.74. The van der Waals surface area contributed by atoms with E-state index in [1.165, 1.54) is 10.7 Å². The van der Waals surface area contributed by atoms with Crippen LogP contribution in [0.5, 0.6) is 0 Å². The monoisotopic (exact) mass is 406 g/mol. The second-order valence-corrected chi connectivity index (χ2v) is 7.95. The molecule has 0 aliphatic heterocycles. The molecule has 0 radical (unpaired) electrons. The van der Waals surface area contributed by atoms with E-state index in [0.29, 0.717) is 11.1 Å². The smallest absolute Gasteiger partial charge is 0.291 e. The van der Waals surface area contributed by atoms with Crippen LogP contribution in [0.4, 0.5) is 10.1 Å². The van der Waals surface area contributed by atoms with Crippen LogP contribution in [0.1, 0.15) is 5.56 Å². The largest absolute Gasteiger partial charge is 0.396 e. The molecule has 0 unspecified atom stereocenters. The number of nitrogens with zero attached hydrogens (tertiary/aromatic N) is 3. The van der Waals surface area contributed by atoms with Crippen LogP contribution >= 0.6 is 27.3 Å². The minimum absolute atomic E-state index is 0.0359. The van der Waals surface area contributed by atoms with Crippen molar-refractivity contribution in [2.75, 3.05) is 5.73 Å². The van der Waals surface area contributed by atoms with E-state index in [2.05, 4.69) is 21.0 Å². The van der Waals surface area contributed by atoms with Crippen LogP contribution < -0.4 is 11.3 Å². The third-order valence-electron chi connectivity index (χ3n) is 4.07. The highest BCUT2D eigenvalue weighted by atomic mass is 79.9. The number of benzene rings is 1. The number of fused-ring (bicyclic) bond motifs is 3. The molecule has 0 saturated heterocycles. The Kier molecular flexibility index (Phi) is 3.47. The summed E-state index contributed by atoms with van der Waals surface area (Å²) in [6.07, 6.45) is 1.66. The van der Waals surface area contributed by atoms with Gasteiger partial charge in [0, 0.05) is 18.0 Å². The Bertz CT molecular complexity index is 1160. The Morgan fingerprint density at radius 2 is 2.21 bits per heavy atom. The Morgan fingerprint density at radius 3 is 3.00 bits per heavy atom. The van der Waals surface area contributed by atoms with Crippen molar-refractivity contribution < 1.29 is 4.39 Å². The standard InChI is InChI=1S/C16H12BrFN4OS/c1-21-11-5-12(17)24-15(11)9-6-20-22(16(23)14(9)21)7-8-3-2-4-10(19)13(8)18/h2-6H,7,19H2,1H3. The summed E-state index contributed by atoms with van der Waals surface area (Å²) in [4.78, 5) is 12.8. The molecule has 1 aromatic carbocycles. The molecule has 3 heterocycles. The zero-order valence-corrected chi connectivity index (χ0v) is 15.0. The van der Waals surface area contributed by atoms with Crippen molar-refractivity contribution in [2.24, 2.45) is 7.05 Å². The average molecular weight is 407 g/mol. The summed E-state index contributed by atoms with van der Waals surface area (Å²) in [5, 5.41) is 5.02. The molecule has 0 bridgehead atoms. The molecular formula is C16H12BrFN4OS. The lowest BCUT2D eigenvalue weighted by Crippen LogP contribution is -2.25. The average Bonchev–Trinajstić information content (AvgIpc) is 3.04. The van der Waals surface area contributed by atoms with Gasteiger partial charge in [-0.3, -0.25) is 4.79 Å². The van der Waals surface area contributed by atoms with Gasteiger partial charge in [0.05, 0.1) is 32.4 Å². The van der Waals surface area contributed by atoms with E-state index in [0.717, 1.165) is 19.4 Å². The number of hydrogen-bond acceptors (Lipinski definition) is 4. The van der Waals surface area contributed by atoms with Crippen molar-refractivity contribution >= 4 is 54.1 Å². The molecule has 122 valence electrons. The number of thiophene rings is 1. The second-order valence-electron chi connectivity index (χ2n) is 5.51. The molecule has 4 aromatic rings. The molecule has 24 heavy (non-hydrogen) atoms. The number of aryl methyl sites for hydroxylation is 1. The number of rotatable bonds is 2. The van der Waals surface area contributed by atoms with Gasteiger partial charge in [0.2, 0.25) is 0 Å². The van der Waals surface area contributed by atoms with Crippen molar-refractivity contribution in [1.29, 1.82) is 0 Å². The third kappa shape index (κ3) is 2.17. The fraction of sp³-hybridized carbons (Fsp3) is 0.125. The predicted molar refractivity (Wildman–Crippen MR) is 98.0 cm³/mol. The van der Waals surface area contributed by atoms with Gasteiger partial charge in [-0.25, -0.2) is 9.07 Å². The lowest BCUT2D eigenvalue weighted by Gasteiger charge is -2.08. The molecule has 2 N–H and O–H groups in total. The maximum Gasteiger partial charge on any atom is 0.291 e. The van der Waals surface area contributed by atoms with Crippen LogP contribution in [0.25, 0.3) is 21.1 Å². The van der Waals surface area contributed by atoms with Crippen LogP contribution in [-0.4, -0.2) is 14.3 Å². The number of anilines is 1.